The number of rotatable bonds is 7. The Morgan fingerprint density at radius 3 is 2.78 bits per heavy atom. The number of imide groups is 1. The van der Waals surface area contributed by atoms with Crippen LogP contribution in [0.4, 0.5) is 15.0 Å². The number of pyridine rings is 2. The maximum absolute atomic E-state index is 14.0. The molecule has 1 aromatic carbocycles. The second-order valence-electron chi connectivity index (χ2n) is 9.83. The van der Waals surface area contributed by atoms with Gasteiger partial charge in [-0.1, -0.05) is 23.7 Å². The fraction of sp³-hybridized carbons (Fsp3) is 0.250. The van der Waals surface area contributed by atoms with Crippen molar-refractivity contribution in [3.05, 3.63) is 82.1 Å². The van der Waals surface area contributed by atoms with Gasteiger partial charge in [0.2, 0.25) is 5.91 Å². The summed E-state index contributed by atoms with van der Waals surface area (Å²) in [6.07, 6.45) is 3.31. The molecule has 3 aromatic heterocycles. The van der Waals surface area contributed by atoms with Crippen LogP contribution in [0.15, 0.2) is 48.8 Å². The maximum Gasteiger partial charge on any atom is 0.329 e. The maximum atomic E-state index is 14.0. The zero-order chi connectivity index (χ0) is 28.7. The number of benzene rings is 1. The molecule has 5 heterocycles. The Labute approximate surface area is 239 Å². The quantitative estimate of drug-likeness (QED) is 0.339. The molecule has 210 valence electrons. The molecule has 2 aliphatic rings. The van der Waals surface area contributed by atoms with Gasteiger partial charge in [-0.05, 0) is 23.8 Å². The van der Waals surface area contributed by atoms with Crippen molar-refractivity contribution in [2.24, 2.45) is 7.05 Å². The number of halogens is 2. The fourth-order valence-electron chi connectivity index (χ4n) is 4.93. The van der Waals surface area contributed by atoms with Gasteiger partial charge in [-0.25, -0.2) is 19.2 Å². The number of anilines is 1. The normalized spacial score (nSPS) is 15.2. The molecule has 2 aliphatic heterocycles. The predicted octanol–water partition coefficient (Wildman–Crippen LogP) is 3.92. The Balaban J connectivity index is 1.12. The summed E-state index contributed by atoms with van der Waals surface area (Å²) in [6, 6.07) is 9.28. The molecule has 11 nitrogen and oxygen atoms in total. The number of amides is 3. The Hall–Kier alpha value is -4.55. The summed E-state index contributed by atoms with van der Waals surface area (Å²) in [5.74, 6) is 0.668. The highest BCUT2D eigenvalue weighted by Gasteiger charge is 2.28. The minimum Gasteiger partial charge on any atom is -0.506 e. The topological polar surface area (TPSA) is 126 Å². The minimum atomic E-state index is -0.473. The average Bonchev–Trinajstić information content (AvgIpc) is 3.52. The number of imidazole rings is 1. The van der Waals surface area contributed by atoms with Gasteiger partial charge >= 0.3 is 6.03 Å². The Morgan fingerprint density at radius 1 is 1.15 bits per heavy atom. The predicted molar refractivity (Wildman–Crippen MR) is 147 cm³/mol. The van der Waals surface area contributed by atoms with E-state index in [0.717, 1.165) is 11.3 Å². The van der Waals surface area contributed by atoms with Gasteiger partial charge in [0.25, 0.3) is 0 Å². The molecular weight excluding hydrogens is 553 g/mol. The first-order valence-corrected chi connectivity index (χ1v) is 13.2. The Morgan fingerprint density at radius 2 is 2.00 bits per heavy atom. The summed E-state index contributed by atoms with van der Waals surface area (Å²) in [5, 5.41) is 13.2. The number of aromatic nitrogens is 4. The van der Waals surface area contributed by atoms with Gasteiger partial charge in [-0.3, -0.25) is 24.9 Å². The number of hydrogen-bond acceptors (Lipinski definition) is 8. The second kappa shape index (κ2) is 10.8. The number of fused-ring (bicyclic) bond motifs is 1. The lowest BCUT2D eigenvalue weighted by atomic mass is 10.2. The summed E-state index contributed by atoms with van der Waals surface area (Å²) in [7, 11) is 1.80. The molecule has 0 aliphatic carbocycles. The summed E-state index contributed by atoms with van der Waals surface area (Å²) in [4.78, 5) is 41.1. The molecule has 1 saturated heterocycles. The van der Waals surface area contributed by atoms with E-state index in [1.54, 1.807) is 23.9 Å². The fourth-order valence-corrected chi connectivity index (χ4v) is 5.15. The van der Waals surface area contributed by atoms with Crippen LogP contribution < -0.4 is 15.0 Å². The standard InChI is InChI=1S/C28H25ClFN7O4/c1-35-26(37-8-7-25(39)34-28(37)40)11-32-27(35)21-6-5-16-12-36(13-22(16)33-21)14-23-24(38)9-17(10-31-23)41-15-18-19(29)3-2-4-20(18)30/h2-6,9-11,38H,7-8,12-15H2,1H3,(H,34,39,40). The summed E-state index contributed by atoms with van der Waals surface area (Å²) in [6.45, 7) is 1.74. The second-order valence-corrected chi connectivity index (χ2v) is 10.2. The van der Waals surface area contributed by atoms with Crippen LogP contribution in [-0.2, 0) is 38.1 Å². The van der Waals surface area contributed by atoms with Crippen LogP contribution in [0.2, 0.25) is 5.02 Å². The lowest BCUT2D eigenvalue weighted by Crippen LogP contribution is -2.50. The molecule has 13 heteroatoms. The molecule has 41 heavy (non-hydrogen) atoms. The third kappa shape index (κ3) is 5.31. The van der Waals surface area contributed by atoms with E-state index < -0.39 is 11.8 Å². The summed E-state index contributed by atoms with van der Waals surface area (Å²) in [5.41, 5.74) is 3.30. The van der Waals surface area contributed by atoms with E-state index in [-0.39, 0.29) is 41.8 Å². The highest BCUT2D eigenvalue weighted by atomic mass is 35.5. The zero-order valence-electron chi connectivity index (χ0n) is 22.0. The molecule has 6 rings (SSSR count). The third-order valence-electron chi connectivity index (χ3n) is 7.10. The van der Waals surface area contributed by atoms with Gasteiger partial charge in [-0.15, -0.1) is 0 Å². The molecule has 0 spiro atoms. The van der Waals surface area contributed by atoms with Gasteiger partial charge in [0.15, 0.2) is 5.82 Å². The first-order chi connectivity index (χ1) is 19.8. The molecule has 0 saturated carbocycles. The van der Waals surface area contributed by atoms with E-state index in [0.29, 0.717) is 48.4 Å². The van der Waals surface area contributed by atoms with Crippen molar-refractivity contribution in [1.82, 2.24) is 29.7 Å². The largest absolute Gasteiger partial charge is 0.506 e. The first-order valence-electron chi connectivity index (χ1n) is 12.8. The van der Waals surface area contributed by atoms with Gasteiger partial charge in [0.05, 0.1) is 28.8 Å². The Kier molecular flexibility index (Phi) is 7.01. The van der Waals surface area contributed by atoms with Crippen molar-refractivity contribution in [1.29, 1.82) is 0 Å². The molecule has 1 fully saturated rings. The van der Waals surface area contributed by atoms with E-state index in [1.165, 1.54) is 29.3 Å². The van der Waals surface area contributed by atoms with E-state index in [2.05, 4.69) is 20.2 Å². The van der Waals surface area contributed by atoms with Crippen LogP contribution in [0.1, 0.15) is 28.9 Å². The zero-order valence-corrected chi connectivity index (χ0v) is 22.7. The minimum absolute atomic E-state index is 0.0317. The van der Waals surface area contributed by atoms with Crippen molar-refractivity contribution < 1.29 is 23.8 Å². The Bertz CT molecular complexity index is 1660. The lowest BCUT2D eigenvalue weighted by molar-refractivity contribution is -0.120. The van der Waals surface area contributed by atoms with Crippen molar-refractivity contribution >= 4 is 29.4 Å². The third-order valence-corrected chi connectivity index (χ3v) is 7.45. The molecule has 0 unspecified atom stereocenters. The first kappa shape index (κ1) is 26.7. The van der Waals surface area contributed by atoms with E-state index >= 15 is 0 Å². The monoisotopic (exact) mass is 577 g/mol. The van der Waals surface area contributed by atoms with Crippen molar-refractivity contribution in [3.63, 3.8) is 0 Å². The smallest absolute Gasteiger partial charge is 0.329 e. The molecule has 3 amide bonds. The summed E-state index contributed by atoms with van der Waals surface area (Å²) >= 11 is 6.05. The van der Waals surface area contributed by atoms with Crippen LogP contribution in [0.5, 0.6) is 11.5 Å². The number of aromatic hydroxyl groups is 1. The number of ether oxygens (including phenoxy) is 1. The number of nitrogens with one attached hydrogen (secondary N) is 1. The van der Waals surface area contributed by atoms with E-state index in [4.69, 9.17) is 21.3 Å². The highest BCUT2D eigenvalue weighted by molar-refractivity contribution is 6.31. The van der Waals surface area contributed by atoms with Crippen LogP contribution in [0.25, 0.3) is 11.5 Å². The SMILES string of the molecule is Cn1c(N2CCC(=O)NC2=O)cnc1-c1ccc2c(n1)CN(Cc1ncc(OCc3c(F)cccc3Cl)cc1O)C2. The van der Waals surface area contributed by atoms with Gasteiger partial charge < -0.3 is 14.4 Å². The molecule has 0 atom stereocenters. The van der Waals surface area contributed by atoms with Gasteiger partial charge in [0, 0.05) is 51.3 Å². The highest BCUT2D eigenvalue weighted by Crippen LogP contribution is 2.30. The number of urea groups is 1. The van der Waals surface area contributed by atoms with Crippen molar-refractivity contribution in [2.45, 2.75) is 32.7 Å². The van der Waals surface area contributed by atoms with Gasteiger partial charge in [0.1, 0.15) is 35.4 Å². The van der Waals surface area contributed by atoms with Crippen LogP contribution >= 0.6 is 11.6 Å². The summed E-state index contributed by atoms with van der Waals surface area (Å²) < 4.78 is 21.4. The van der Waals surface area contributed by atoms with Gasteiger partial charge in [-0.2, -0.15) is 0 Å². The van der Waals surface area contributed by atoms with Crippen molar-refractivity contribution in [2.75, 3.05) is 11.4 Å². The van der Waals surface area contributed by atoms with Crippen LogP contribution in [0, 0.1) is 5.82 Å². The molecule has 4 aromatic rings. The van der Waals surface area contributed by atoms with Crippen molar-refractivity contribution in [3.8, 4) is 23.0 Å². The number of carbonyl (C=O) groups is 2. The molecule has 0 bridgehead atoms. The van der Waals surface area contributed by atoms with E-state index in [1.807, 2.05) is 12.1 Å². The van der Waals surface area contributed by atoms with Crippen LogP contribution in [-0.4, -0.2) is 48.0 Å². The van der Waals surface area contributed by atoms with E-state index in [9.17, 15) is 19.1 Å². The molecular formula is C28H25ClFN7O4. The van der Waals surface area contributed by atoms with Crippen LogP contribution in [0.3, 0.4) is 0 Å². The lowest BCUT2D eigenvalue weighted by Gasteiger charge is -2.26. The number of hydrogen-bond donors (Lipinski definition) is 2. The molecule has 2 N–H and O–H groups in total. The number of nitrogens with zero attached hydrogens (tertiary/aromatic N) is 6. The number of carbonyl (C=O) groups excluding carboxylic acids is 2. The average molecular weight is 578 g/mol. The molecule has 0 radical (unpaired) electrons.